The van der Waals surface area contributed by atoms with Crippen molar-refractivity contribution in [2.45, 2.75) is 26.7 Å². The number of hydrogen-bond acceptors (Lipinski definition) is 4. The van der Waals surface area contributed by atoms with E-state index in [0.29, 0.717) is 28.9 Å². The van der Waals surface area contributed by atoms with E-state index in [4.69, 9.17) is 16.3 Å². The lowest BCUT2D eigenvalue weighted by atomic mass is 10.1. The second kappa shape index (κ2) is 6.08. The summed E-state index contributed by atoms with van der Waals surface area (Å²) >= 11 is 6.90. The van der Waals surface area contributed by atoms with Crippen molar-refractivity contribution < 1.29 is 9.53 Å². The van der Waals surface area contributed by atoms with Gasteiger partial charge in [0, 0.05) is 0 Å². The minimum Gasteiger partial charge on any atom is -0.470 e. The minimum atomic E-state index is 0.230. The van der Waals surface area contributed by atoms with Crippen molar-refractivity contribution in [3.8, 4) is 5.19 Å². The Morgan fingerprint density at radius 1 is 1.67 bits per heavy atom. The zero-order valence-electron chi connectivity index (χ0n) is 8.83. The third-order valence-corrected chi connectivity index (χ3v) is 3.26. The van der Waals surface area contributed by atoms with Gasteiger partial charge in [-0.2, -0.15) is 4.98 Å². The molecular formula is C10H14ClNO2S. The normalized spacial score (nSPS) is 12.5. The van der Waals surface area contributed by atoms with Crippen LogP contribution >= 0.6 is 22.9 Å². The number of aromatic nitrogens is 1. The number of aldehydes is 1. The Hall–Kier alpha value is -0.610. The van der Waals surface area contributed by atoms with Gasteiger partial charge < -0.3 is 4.74 Å². The van der Waals surface area contributed by atoms with Crippen molar-refractivity contribution in [3.05, 3.63) is 10.0 Å². The van der Waals surface area contributed by atoms with Gasteiger partial charge >= 0.3 is 0 Å². The maximum absolute atomic E-state index is 10.5. The van der Waals surface area contributed by atoms with Gasteiger partial charge in [-0.25, -0.2) is 0 Å². The second-order valence-corrected chi connectivity index (χ2v) is 4.81. The molecule has 3 nitrogen and oxygen atoms in total. The molecule has 0 spiro atoms. The van der Waals surface area contributed by atoms with Crippen LogP contribution in [-0.4, -0.2) is 17.9 Å². The van der Waals surface area contributed by atoms with Gasteiger partial charge in [0.1, 0.15) is 4.88 Å². The van der Waals surface area contributed by atoms with Gasteiger partial charge in [-0.1, -0.05) is 43.2 Å². The van der Waals surface area contributed by atoms with Gasteiger partial charge in [0.05, 0.1) is 6.61 Å². The van der Waals surface area contributed by atoms with E-state index in [9.17, 15) is 4.79 Å². The summed E-state index contributed by atoms with van der Waals surface area (Å²) in [5.74, 6) is 0.498. The highest BCUT2D eigenvalue weighted by molar-refractivity contribution is 7.15. The summed E-state index contributed by atoms with van der Waals surface area (Å²) in [6.07, 6.45) is 2.96. The first-order valence-corrected chi connectivity index (χ1v) is 6.11. The first kappa shape index (κ1) is 12.5. The van der Waals surface area contributed by atoms with E-state index in [1.165, 1.54) is 11.3 Å². The Morgan fingerprint density at radius 2 is 2.40 bits per heavy atom. The highest BCUT2D eigenvalue weighted by Crippen LogP contribution is 2.27. The van der Waals surface area contributed by atoms with Crippen molar-refractivity contribution in [3.63, 3.8) is 0 Å². The molecule has 0 saturated heterocycles. The van der Waals surface area contributed by atoms with Gasteiger partial charge in [0.2, 0.25) is 0 Å². The summed E-state index contributed by atoms with van der Waals surface area (Å²) in [5, 5.41) is 0.707. The fourth-order valence-corrected chi connectivity index (χ4v) is 2.14. The van der Waals surface area contributed by atoms with Crippen LogP contribution in [0.1, 0.15) is 36.4 Å². The number of carbonyl (C=O) groups excluding carboxylic acids is 1. The van der Waals surface area contributed by atoms with Gasteiger partial charge in [-0.05, 0) is 12.3 Å². The third-order valence-electron chi connectivity index (χ3n) is 1.97. The lowest BCUT2D eigenvalue weighted by molar-refractivity contribution is 0.112. The summed E-state index contributed by atoms with van der Waals surface area (Å²) in [4.78, 5) is 14.9. The SMILES string of the molecule is CCCC(C)COc1nc(Cl)c(C=O)s1. The van der Waals surface area contributed by atoms with Gasteiger partial charge in [-0.15, -0.1) is 0 Å². The van der Waals surface area contributed by atoms with Crippen LogP contribution in [0.4, 0.5) is 0 Å². The second-order valence-electron chi connectivity index (χ2n) is 3.46. The molecule has 0 aliphatic carbocycles. The lowest BCUT2D eigenvalue weighted by Crippen LogP contribution is -2.07. The molecule has 1 aromatic rings. The molecule has 0 aliphatic rings. The lowest BCUT2D eigenvalue weighted by Gasteiger charge is -2.09. The number of thiazole rings is 1. The molecule has 0 saturated carbocycles. The molecule has 0 N–H and O–H groups in total. The molecule has 1 aromatic heterocycles. The minimum absolute atomic E-state index is 0.230. The van der Waals surface area contributed by atoms with Crippen molar-refractivity contribution in [1.82, 2.24) is 4.98 Å². The smallest absolute Gasteiger partial charge is 0.275 e. The largest absolute Gasteiger partial charge is 0.470 e. The Kier molecular flexibility index (Phi) is 5.05. The highest BCUT2D eigenvalue weighted by atomic mass is 35.5. The average molecular weight is 248 g/mol. The molecule has 5 heteroatoms. The summed E-state index contributed by atoms with van der Waals surface area (Å²) in [7, 11) is 0. The number of nitrogens with zero attached hydrogens (tertiary/aromatic N) is 1. The van der Waals surface area contributed by atoms with Crippen molar-refractivity contribution in [2.75, 3.05) is 6.61 Å². The van der Waals surface area contributed by atoms with Gasteiger partial charge in [0.15, 0.2) is 11.4 Å². The topological polar surface area (TPSA) is 39.2 Å². The summed E-state index contributed by atoms with van der Waals surface area (Å²) in [6, 6.07) is 0. The summed E-state index contributed by atoms with van der Waals surface area (Å²) < 4.78 is 5.45. The molecule has 84 valence electrons. The van der Waals surface area contributed by atoms with Crippen molar-refractivity contribution in [2.24, 2.45) is 5.92 Å². The van der Waals surface area contributed by atoms with Crippen LogP contribution in [0.3, 0.4) is 0 Å². The van der Waals surface area contributed by atoms with Gasteiger partial charge in [0.25, 0.3) is 5.19 Å². The van der Waals surface area contributed by atoms with Crippen molar-refractivity contribution >= 4 is 29.2 Å². The Bertz CT molecular complexity index is 327. The molecule has 1 heterocycles. The Labute approximate surface area is 98.4 Å². The molecule has 1 rings (SSSR count). The molecule has 0 fully saturated rings. The number of rotatable bonds is 6. The van der Waals surface area contributed by atoms with Crippen LogP contribution in [0.5, 0.6) is 5.19 Å². The monoisotopic (exact) mass is 247 g/mol. The maximum Gasteiger partial charge on any atom is 0.275 e. The van der Waals surface area contributed by atoms with Crippen LogP contribution < -0.4 is 4.74 Å². The molecule has 0 bridgehead atoms. The predicted octanol–water partition coefficient (Wildman–Crippen LogP) is 3.42. The average Bonchev–Trinajstić information content (AvgIpc) is 2.56. The number of ether oxygens (including phenoxy) is 1. The van der Waals surface area contributed by atoms with Crippen LogP contribution in [-0.2, 0) is 0 Å². The molecule has 0 aliphatic heterocycles. The number of carbonyl (C=O) groups is 1. The van der Waals surface area contributed by atoms with E-state index in [0.717, 1.165) is 12.8 Å². The van der Waals surface area contributed by atoms with E-state index in [-0.39, 0.29) is 5.15 Å². The van der Waals surface area contributed by atoms with Crippen LogP contribution in [0.15, 0.2) is 0 Å². The Morgan fingerprint density at radius 3 is 2.93 bits per heavy atom. The molecule has 15 heavy (non-hydrogen) atoms. The van der Waals surface area contributed by atoms with Crippen LogP contribution in [0, 0.1) is 5.92 Å². The molecule has 0 amide bonds. The molecule has 1 atom stereocenters. The van der Waals surface area contributed by atoms with Crippen molar-refractivity contribution in [1.29, 1.82) is 0 Å². The fourth-order valence-electron chi connectivity index (χ4n) is 1.22. The van der Waals surface area contributed by atoms with E-state index < -0.39 is 0 Å². The predicted molar refractivity (Wildman–Crippen MR) is 62.1 cm³/mol. The zero-order chi connectivity index (χ0) is 11.3. The molecule has 0 aromatic carbocycles. The quantitative estimate of drug-likeness (QED) is 0.723. The van der Waals surface area contributed by atoms with Crippen LogP contribution in [0.2, 0.25) is 5.15 Å². The van der Waals surface area contributed by atoms with E-state index in [1.54, 1.807) is 0 Å². The number of hydrogen-bond donors (Lipinski definition) is 0. The molecule has 0 radical (unpaired) electrons. The third kappa shape index (κ3) is 3.80. The van der Waals surface area contributed by atoms with Crippen LogP contribution in [0.25, 0.3) is 0 Å². The maximum atomic E-state index is 10.5. The number of halogens is 1. The van der Waals surface area contributed by atoms with E-state index >= 15 is 0 Å². The first-order chi connectivity index (χ1) is 7.17. The summed E-state index contributed by atoms with van der Waals surface area (Å²) in [5.41, 5.74) is 0. The highest BCUT2D eigenvalue weighted by Gasteiger charge is 2.10. The summed E-state index contributed by atoms with van der Waals surface area (Å²) in [6.45, 7) is 4.89. The van der Waals surface area contributed by atoms with E-state index in [1.807, 2.05) is 0 Å². The van der Waals surface area contributed by atoms with E-state index in [2.05, 4.69) is 18.8 Å². The fraction of sp³-hybridized carbons (Fsp3) is 0.600. The standard InChI is InChI=1S/C10H14ClNO2S/c1-3-4-7(2)6-14-10-12-9(11)8(5-13)15-10/h5,7H,3-4,6H2,1-2H3. The first-order valence-electron chi connectivity index (χ1n) is 4.91. The Balaban J connectivity index is 2.47. The molecule has 1 unspecified atom stereocenters. The molecular weight excluding hydrogens is 234 g/mol. The van der Waals surface area contributed by atoms with Gasteiger partial charge in [-0.3, -0.25) is 4.79 Å². The zero-order valence-corrected chi connectivity index (χ0v) is 10.4.